The summed E-state index contributed by atoms with van der Waals surface area (Å²) in [6.45, 7) is 0. The summed E-state index contributed by atoms with van der Waals surface area (Å²) in [7, 11) is -3.78. The second kappa shape index (κ2) is 8.84. The Labute approximate surface area is 174 Å². The van der Waals surface area contributed by atoms with Crippen LogP contribution in [-0.2, 0) is 20.8 Å². The standard InChI is InChI=1S/C19H14F3N3O3S2/c20-19(21,22)13-6-8-14(9-7-13)23-16(26)12-29-17-10-11-18(25-24-17)30(27,28)15-4-2-1-3-5-15/h1-11H,12H2,(H,23,26). The van der Waals surface area contributed by atoms with Crippen LogP contribution >= 0.6 is 11.8 Å². The molecule has 2 aromatic carbocycles. The van der Waals surface area contributed by atoms with Crippen LogP contribution in [0.3, 0.4) is 0 Å². The van der Waals surface area contributed by atoms with Gasteiger partial charge < -0.3 is 5.32 Å². The molecule has 6 nitrogen and oxygen atoms in total. The van der Waals surface area contributed by atoms with Crippen molar-refractivity contribution >= 4 is 33.2 Å². The van der Waals surface area contributed by atoms with Crippen molar-refractivity contribution in [2.45, 2.75) is 21.1 Å². The molecular weight excluding hydrogens is 439 g/mol. The van der Waals surface area contributed by atoms with E-state index in [0.717, 1.165) is 36.0 Å². The van der Waals surface area contributed by atoms with Crippen LogP contribution in [0.5, 0.6) is 0 Å². The van der Waals surface area contributed by atoms with E-state index >= 15 is 0 Å². The molecule has 3 rings (SSSR count). The Morgan fingerprint density at radius 3 is 2.17 bits per heavy atom. The molecule has 1 aromatic heterocycles. The molecule has 0 aliphatic carbocycles. The van der Waals surface area contributed by atoms with Gasteiger partial charge in [-0.3, -0.25) is 4.79 Å². The molecule has 0 bridgehead atoms. The molecule has 1 N–H and O–H groups in total. The highest BCUT2D eigenvalue weighted by atomic mass is 32.2. The molecule has 0 radical (unpaired) electrons. The first-order valence-electron chi connectivity index (χ1n) is 8.40. The van der Waals surface area contributed by atoms with E-state index in [0.29, 0.717) is 5.03 Å². The average molecular weight is 453 g/mol. The predicted octanol–water partition coefficient (Wildman–Crippen LogP) is 4.06. The topological polar surface area (TPSA) is 89.0 Å². The summed E-state index contributed by atoms with van der Waals surface area (Å²) < 4.78 is 62.6. The van der Waals surface area contributed by atoms with E-state index in [1.165, 1.54) is 24.3 Å². The van der Waals surface area contributed by atoms with Crippen LogP contribution in [0.25, 0.3) is 0 Å². The molecule has 0 saturated carbocycles. The van der Waals surface area contributed by atoms with Gasteiger partial charge in [0.15, 0.2) is 5.03 Å². The Morgan fingerprint density at radius 2 is 1.60 bits per heavy atom. The summed E-state index contributed by atoms with van der Waals surface area (Å²) in [5.74, 6) is -0.539. The number of hydrogen-bond acceptors (Lipinski definition) is 6. The Hall–Kier alpha value is -2.92. The van der Waals surface area contributed by atoms with Crippen LogP contribution in [0.15, 0.2) is 81.7 Å². The number of halogens is 3. The van der Waals surface area contributed by atoms with Gasteiger partial charge in [0.2, 0.25) is 15.7 Å². The minimum Gasteiger partial charge on any atom is -0.325 e. The highest BCUT2D eigenvalue weighted by Gasteiger charge is 2.30. The van der Waals surface area contributed by atoms with Gasteiger partial charge in [0.1, 0.15) is 5.03 Å². The zero-order chi connectivity index (χ0) is 21.8. The monoisotopic (exact) mass is 453 g/mol. The number of amides is 1. The van der Waals surface area contributed by atoms with Crippen molar-refractivity contribution in [3.8, 4) is 0 Å². The molecule has 3 aromatic rings. The van der Waals surface area contributed by atoms with Crippen LogP contribution in [0.1, 0.15) is 5.56 Å². The summed E-state index contributed by atoms with van der Waals surface area (Å²) in [6, 6.07) is 14.6. The number of carbonyl (C=O) groups is 1. The molecule has 0 saturated heterocycles. The number of anilines is 1. The lowest BCUT2D eigenvalue weighted by atomic mass is 10.2. The van der Waals surface area contributed by atoms with Gasteiger partial charge in [-0.25, -0.2) is 8.42 Å². The summed E-state index contributed by atoms with van der Waals surface area (Å²) in [6.07, 6.45) is -4.45. The maximum absolute atomic E-state index is 12.5. The molecule has 1 heterocycles. The molecule has 0 unspecified atom stereocenters. The summed E-state index contributed by atoms with van der Waals surface area (Å²) >= 11 is 1.01. The first-order valence-corrected chi connectivity index (χ1v) is 10.9. The van der Waals surface area contributed by atoms with E-state index in [-0.39, 0.29) is 21.4 Å². The number of nitrogens with zero attached hydrogens (tertiary/aromatic N) is 2. The highest BCUT2D eigenvalue weighted by Crippen LogP contribution is 2.30. The number of aromatic nitrogens is 2. The second-order valence-corrected chi connectivity index (χ2v) is 8.83. The van der Waals surface area contributed by atoms with Gasteiger partial charge >= 0.3 is 6.18 Å². The average Bonchev–Trinajstić information content (AvgIpc) is 2.73. The Bertz CT molecular complexity index is 1120. The number of nitrogens with one attached hydrogen (secondary N) is 1. The molecule has 0 fully saturated rings. The van der Waals surface area contributed by atoms with Gasteiger partial charge in [-0.15, -0.1) is 10.2 Å². The largest absolute Gasteiger partial charge is 0.416 e. The lowest BCUT2D eigenvalue weighted by molar-refractivity contribution is -0.137. The van der Waals surface area contributed by atoms with Gasteiger partial charge in [-0.05, 0) is 48.5 Å². The maximum Gasteiger partial charge on any atom is 0.416 e. The maximum atomic E-state index is 12.5. The summed E-state index contributed by atoms with van der Waals surface area (Å²) in [5.41, 5.74) is -0.584. The van der Waals surface area contributed by atoms with Gasteiger partial charge in [-0.2, -0.15) is 13.2 Å². The minimum absolute atomic E-state index is 0.0829. The smallest absolute Gasteiger partial charge is 0.325 e. The highest BCUT2D eigenvalue weighted by molar-refractivity contribution is 7.99. The van der Waals surface area contributed by atoms with Crippen LogP contribution < -0.4 is 5.32 Å². The number of sulfone groups is 1. The summed E-state index contributed by atoms with van der Waals surface area (Å²) in [5, 5.41) is 10.1. The predicted molar refractivity (Wildman–Crippen MR) is 105 cm³/mol. The van der Waals surface area contributed by atoms with Crippen molar-refractivity contribution in [3.05, 3.63) is 72.3 Å². The third kappa shape index (κ3) is 5.36. The van der Waals surface area contributed by atoms with Crippen molar-refractivity contribution in [3.63, 3.8) is 0 Å². The Kier molecular flexibility index (Phi) is 6.42. The Balaban J connectivity index is 1.58. The first kappa shape index (κ1) is 21.8. The lowest BCUT2D eigenvalue weighted by Crippen LogP contribution is -2.14. The fourth-order valence-corrected chi connectivity index (χ4v) is 4.09. The summed E-state index contributed by atoms with van der Waals surface area (Å²) in [4.78, 5) is 12.1. The molecular formula is C19H14F3N3O3S2. The number of hydrogen-bond donors (Lipinski definition) is 1. The van der Waals surface area contributed by atoms with Crippen molar-refractivity contribution in [1.29, 1.82) is 0 Å². The van der Waals surface area contributed by atoms with Crippen molar-refractivity contribution in [2.75, 3.05) is 11.1 Å². The number of carbonyl (C=O) groups excluding carboxylic acids is 1. The van der Waals surface area contributed by atoms with Crippen molar-refractivity contribution in [1.82, 2.24) is 10.2 Å². The van der Waals surface area contributed by atoms with E-state index < -0.39 is 27.5 Å². The van der Waals surface area contributed by atoms with Gasteiger partial charge in [0.25, 0.3) is 0 Å². The molecule has 30 heavy (non-hydrogen) atoms. The van der Waals surface area contributed by atoms with Crippen molar-refractivity contribution in [2.24, 2.45) is 0 Å². The van der Waals surface area contributed by atoms with E-state index in [2.05, 4.69) is 15.5 Å². The molecule has 11 heteroatoms. The van der Waals surface area contributed by atoms with E-state index in [4.69, 9.17) is 0 Å². The van der Waals surface area contributed by atoms with Crippen molar-refractivity contribution < 1.29 is 26.4 Å². The third-order valence-electron chi connectivity index (χ3n) is 3.79. The molecule has 156 valence electrons. The number of benzene rings is 2. The first-order chi connectivity index (χ1) is 14.2. The lowest BCUT2D eigenvalue weighted by Gasteiger charge is -2.08. The van der Waals surface area contributed by atoms with E-state index in [1.54, 1.807) is 18.2 Å². The number of thioether (sulfide) groups is 1. The number of alkyl halides is 3. The van der Waals surface area contributed by atoms with Gasteiger partial charge in [-0.1, -0.05) is 30.0 Å². The molecule has 1 amide bonds. The Morgan fingerprint density at radius 1 is 0.933 bits per heavy atom. The quantitative estimate of drug-likeness (QED) is 0.567. The molecule has 0 aliphatic heterocycles. The third-order valence-corrected chi connectivity index (χ3v) is 6.37. The van der Waals surface area contributed by atoms with Crippen LogP contribution in [0.2, 0.25) is 0 Å². The van der Waals surface area contributed by atoms with Crippen LogP contribution in [0.4, 0.5) is 18.9 Å². The normalized spacial score (nSPS) is 11.8. The fourth-order valence-electron chi connectivity index (χ4n) is 2.33. The molecule has 0 aliphatic rings. The number of rotatable bonds is 6. The SMILES string of the molecule is O=C(CSc1ccc(S(=O)(=O)c2ccccc2)nn1)Nc1ccc(C(F)(F)F)cc1. The minimum atomic E-state index is -4.45. The zero-order valence-corrected chi connectivity index (χ0v) is 16.8. The van der Waals surface area contributed by atoms with E-state index in [9.17, 15) is 26.4 Å². The van der Waals surface area contributed by atoms with Crippen LogP contribution in [0, 0.1) is 0 Å². The van der Waals surface area contributed by atoms with Gasteiger partial charge in [0, 0.05) is 5.69 Å². The molecule has 0 spiro atoms. The van der Waals surface area contributed by atoms with Crippen LogP contribution in [-0.4, -0.2) is 30.3 Å². The molecule has 0 atom stereocenters. The van der Waals surface area contributed by atoms with E-state index in [1.807, 2.05) is 0 Å². The van der Waals surface area contributed by atoms with Gasteiger partial charge in [0.05, 0.1) is 16.2 Å². The fraction of sp³-hybridized carbons (Fsp3) is 0.105. The zero-order valence-electron chi connectivity index (χ0n) is 15.1. The second-order valence-electron chi connectivity index (χ2n) is 5.94.